The average Bonchev–Trinajstić information content (AvgIpc) is 2.60. The molecule has 0 saturated heterocycles. The van der Waals surface area contributed by atoms with E-state index in [1.807, 2.05) is 0 Å². The van der Waals surface area contributed by atoms with Crippen LogP contribution in [0.4, 0.5) is 15.8 Å². The summed E-state index contributed by atoms with van der Waals surface area (Å²) in [4.78, 5) is 13.3. The second kappa shape index (κ2) is 9.93. The second-order valence-electron chi connectivity index (χ2n) is 8.03. The molecular formula is C21H33FN2O3. The minimum absolute atomic E-state index is 0.121. The van der Waals surface area contributed by atoms with Crippen molar-refractivity contribution in [2.45, 2.75) is 64.3 Å². The molecule has 0 heterocycles. The number of nitrogen functional groups attached to an aromatic ring is 1. The monoisotopic (exact) mass is 380 g/mol. The lowest BCUT2D eigenvalue weighted by atomic mass is 9.91. The SMILES string of the molecule is COCC(CC(=O)O)c1cc(N)c(N(CC(C)C)C2CCCCC2)c(F)c1. The van der Waals surface area contributed by atoms with Gasteiger partial charge >= 0.3 is 5.97 Å². The van der Waals surface area contributed by atoms with E-state index in [-0.39, 0.29) is 18.8 Å². The summed E-state index contributed by atoms with van der Waals surface area (Å²) in [5.41, 5.74) is 7.72. The molecule has 0 bridgehead atoms. The van der Waals surface area contributed by atoms with Gasteiger partial charge in [-0.2, -0.15) is 0 Å². The fraction of sp³-hybridized carbons (Fsp3) is 0.667. The van der Waals surface area contributed by atoms with E-state index in [9.17, 15) is 4.79 Å². The molecule has 152 valence electrons. The molecule has 5 nitrogen and oxygen atoms in total. The minimum atomic E-state index is -0.941. The summed E-state index contributed by atoms with van der Waals surface area (Å²) in [5, 5.41) is 9.13. The first kappa shape index (κ1) is 21.5. The normalized spacial score (nSPS) is 16.5. The maximum Gasteiger partial charge on any atom is 0.304 e. The fourth-order valence-electron chi connectivity index (χ4n) is 4.07. The topological polar surface area (TPSA) is 75.8 Å². The molecule has 0 amide bonds. The van der Waals surface area contributed by atoms with Gasteiger partial charge < -0.3 is 20.5 Å². The molecule has 3 N–H and O–H groups in total. The smallest absolute Gasteiger partial charge is 0.304 e. The van der Waals surface area contributed by atoms with Gasteiger partial charge in [0.1, 0.15) is 5.82 Å². The third kappa shape index (κ3) is 5.83. The van der Waals surface area contributed by atoms with E-state index in [0.29, 0.717) is 28.9 Å². The number of aliphatic carboxylic acids is 1. The standard InChI is InChI=1S/C21H33FN2O3/c1-14(2)12-24(17-7-5-4-6-8-17)21-18(22)9-15(10-19(21)23)16(13-27-3)11-20(25)26/h9-10,14,16-17H,4-8,11-13,23H2,1-3H3,(H,25,26). The van der Waals surface area contributed by atoms with Crippen LogP contribution in [0.2, 0.25) is 0 Å². The van der Waals surface area contributed by atoms with Crippen molar-refractivity contribution in [2.24, 2.45) is 5.92 Å². The summed E-state index contributed by atoms with van der Waals surface area (Å²) in [5.74, 6) is -1.35. The van der Waals surface area contributed by atoms with Gasteiger partial charge in [-0.3, -0.25) is 4.79 Å². The number of rotatable bonds is 9. The van der Waals surface area contributed by atoms with Crippen LogP contribution in [-0.2, 0) is 9.53 Å². The van der Waals surface area contributed by atoms with Crippen LogP contribution in [0.15, 0.2) is 12.1 Å². The van der Waals surface area contributed by atoms with Crippen LogP contribution in [0.25, 0.3) is 0 Å². The first-order valence-corrected chi connectivity index (χ1v) is 9.89. The zero-order valence-electron chi connectivity index (χ0n) is 16.7. The van der Waals surface area contributed by atoms with E-state index in [1.54, 1.807) is 6.07 Å². The Hall–Kier alpha value is -1.82. The molecule has 1 aliphatic carbocycles. The van der Waals surface area contributed by atoms with Crippen LogP contribution < -0.4 is 10.6 Å². The van der Waals surface area contributed by atoms with Gasteiger partial charge in [0.2, 0.25) is 0 Å². The molecule has 0 aromatic heterocycles. The van der Waals surface area contributed by atoms with Crippen molar-refractivity contribution in [3.8, 4) is 0 Å². The molecule has 6 heteroatoms. The molecule has 0 radical (unpaired) electrons. The van der Waals surface area contributed by atoms with E-state index in [4.69, 9.17) is 15.6 Å². The zero-order valence-corrected chi connectivity index (χ0v) is 16.7. The van der Waals surface area contributed by atoms with E-state index in [1.165, 1.54) is 19.6 Å². The number of nitrogens with two attached hydrogens (primary N) is 1. The Bertz CT molecular complexity index is 607. The molecule has 1 unspecified atom stereocenters. The van der Waals surface area contributed by atoms with Crippen LogP contribution in [0.5, 0.6) is 0 Å². The number of carboxylic acids is 1. The first-order valence-electron chi connectivity index (χ1n) is 9.89. The van der Waals surface area contributed by atoms with Crippen LogP contribution in [-0.4, -0.2) is 37.4 Å². The van der Waals surface area contributed by atoms with Gasteiger partial charge in [-0.15, -0.1) is 0 Å². The third-order valence-electron chi connectivity index (χ3n) is 5.24. The molecular weight excluding hydrogens is 347 g/mol. The predicted molar refractivity (Wildman–Crippen MR) is 107 cm³/mol. The Labute approximate surface area is 161 Å². The number of anilines is 2. The number of halogens is 1. The van der Waals surface area contributed by atoms with Crippen molar-refractivity contribution in [3.05, 3.63) is 23.5 Å². The van der Waals surface area contributed by atoms with Gasteiger partial charge in [0, 0.05) is 25.6 Å². The van der Waals surface area contributed by atoms with Crippen LogP contribution >= 0.6 is 0 Å². The van der Waals surface area contributed by atoms with Gasteiger partial charge in [0.25, 0.3) is 0 Å². The number of methoxy groups -OCH3 is 1. The van der Waals surface area contributed by atoms with Crippen LogP contribution in [0.1, 0.15) is 63.9 Å². The van der Waals surface area contributed by atoms with E-state index >= 15 is 4.39 Å². The summed E-state index contributed by atoms with van der Waals surface area (Å²) in [7, 11) is 1.51. The Morgan fingerprint density at radius 1 is 1.33 bits per heavy atom. The highest BCUT2D eigenvalue weighted by atomic mass is 19.1. The average molecular weight is 381 g/mol. The van der Waals surface area contributed by atoms with E-state index < -0.39 is 11.9 Å². The lowest BCUT2D eigenvalue weighted by Gasteiger charge is -2.38. The molecule has 1 fully saturated rings. The van der Waals surface area contributed by atoms with Gasteiger partial charge in [0.15, 0.2) is 0 Å². The van der Waals surface area contributed by atoms with Crippen LogP contribution in [0, 0.1) is 11.7 Å². The second-order valence-corrected chi connectivity index (χ2v) is 8.03. The molecule has 1 atom stereocenters. The van der Waals surface area contributed by atoms with E-state index in [2.05, 4.69) is 18.7 Å². The van der Waals surface area contributed by atoms with Gasteiger partial charge in [0.05, 0.1) is 24.4 Å². The van der Waals surface area contributed by atoms with Crippen molar-refractivity contribution < 1.29 is 19.0 Å². The lowest BCUT2D eigenvalue weighted by Crippen LogP contribution is -2.40. The summed E-state index contributed by atoms with van der Waals surface area (Å²) < 4.78 is 20.3. The molecule has 0 aliphatic heterocycles. The predicted octanol–water partition coefficient (Wildman–Crippen LogP) is 4.41. The van der Waals surface area contributed by atoms with Crippen molar-refractivity contribution in [3.63, 3.8) is 0 Å². The molecule has 1 aromatic rings. The van der Waals surface area contributed by atoms with Crippen molar-refractivity contribution in [1.29, 1.82) is 0 Å². The maximum absolute atomic E-state index is 15.2. The number of hydrogen-bond acceptors (Lipinski definition) is 4. The summed E-state index contributed by atoms with van der Waals surface area (Å²) in [6.07, 6.45) is 5.54. The Balaban J connectivity index is 2.38. The third-order valence-corrected chi connectivity index (χ3v) is 5.24. The highest BCUT2D eigenvalue weighted by molar-refractivity contribution is 5.72. The molecule has 1 aliphatic rings. The van der Waals surface area contributed by atoms with Crippen molar-refractivity contribution >= 4 is 17.3 Å². The molecule has 0 spiro atoms. The number of nitrogens with zero attached hydrogens (tertiary/aromatic N) is 1. The quantitative estimate of drug-likeness (QED) is 0.621. The molecule has 1 saturated carbocycles. The van der Waals surface area contributed by atoms with Crippen molar-refractivity contribution in [1.82, 2.24) is 0 Å². The summed E-state index contributed by atoms with van der Waals surface area (Å²) >= 11 is 0. The minimum Gasteiger partial charge on any atom is -0.481 e. The lowest BCUT2D eigenvalue weighted by molar-refractivity contribution is -0.137. The summed E-state index contributed by atoms with van der Waals surface area (Å²) in [6.45, 7) is 5.21. The van der Waals surface area contributed by atoms with Gasteiger partial charge in [-0.05, 0) is 36.5 Å². The van der Waals surface area contributed by atoms with Crippen LogP contribution in [0.3, 0.4) is 0 Å². The van der Waals surface area contributed by atoms with Gasteiger partial charge in [-0.25, -0.2) is 4.39 Å². The Kier molecular flexibility index (Phi) is 7.90. The maximum atomic E-state index is 15.2. The molecule has 1 aromatic carbocycles. The fourth-order valence-corrected chi connectivity index (χ4v) is 4.07. The summed E-state index contributed by atoms with van der Waals surface area (Å²) in [6, 6.07) is 3.47. The highest BCUT2D eigenvalue weighted by Gasteiger charge is 2.27. The molecule has 27 heavy (non-hydrogen) atoms. The molecule has 2 rings (SSSR count). The number of carboxylic acid groups (broad SMARTS) is 1. The largest absolute Gasteiger partial charge is 0.481 e. The van der Waals surface area contributed by atoms with E-state index in [0.717, 1.165) is 32.2 Å². The van der Waals surface area contributed by atoms with Crippen molar-refractivity contribution in [2.75, 3.05) is 30.9 Å². The number of carbonyl (C=O) groups is 1. The Morgan fingerprint density at radius 3 is 2.52 bits per heavy atom. The van der Waals surface area contributed by atoms with Gasteiger partial charge in [-0.1, -0.05) is 33.1 Å². The number of ether oxygens (including phenoxy) is 1. The number of hydrogen-bond donors (Lipinski definition) is 2. The Morgan fingerprint density at radius 2 is 2.00 bits per heavy atom. The zero-order chi connectivity index (χ0) is 20.0. The number of benzene rings is 1. The highest BCUT2D eigenvalue weighted by Crippen LogP contribution is 2.36. The first-order chi connectivity index (χ1) is 12.8.